The Labute approximate surface area is 137 Å². The monoisotopic (exact) mass is 322 g/mol. The Morgan fingerprint density at radius 1 is 1.35 bits per heavy atom. The van der Waals surface area contributed by atoms with E-state index in [2.05, 4.69) is 15.6 Å². The Morgan fingerprint density at radius 3 is 2.57 bits per heavy atom. The van der Waals surface area contributed by atoms with Gasteiger partial charge in [-0.1, -0.05) is 38.3 Å². The fourth-order valence-electron chi connectivity index (χ4n) is 3.22. The highest BCUT2D eigenvalue weighted by atomic mass is 16.4. The number of rotatable bonds is 6. The fraction of sp³-hybridized carbons (Fsp3) is 0.800. The molecule has 1 fully saturated rings. The summed E-state index contributed by atoms with van der Waals surface area (Å²) in [7, 11) is -1.59. The molecule has 0 bridgehead atoms. The maximum Gasteiger partial charge on any atom is 0.475 e. The molecule has 1 aliphatic carbocycles. The van der Waals surface area contributed by atoms with Crippen LogP contribution in [0.5, 0.6) is 0 Å². The first-order chi connectivity index (χ1) is 10.9. The molecule has 0 radical (unpaired) electrons. The lowest BCUT2D eigenvalue weighted by Crippen LogP contribution is -2.47. The first kappa shape index (κ1) is 17.9. The molecule has 0 aromatic carbocycles. The Balaban J connectivity index is 2.08. The van der Waals surface area contributed by atoms with Gasteiger partial charge in [0, 0.05) is 0 Å². The molecule has 1 aromatic heterocycles. The third-order valence-corrected chi connectivity index (χ3v) is 4.46. The van der Waals surface area contributed by atoms with E-state index in [-0.39, 0.29) is 11.6 Å². The van der Waals surface area contributed by atoms with Gasteiger partial charge in [0.1, 0.15) is 0 Å². The van der Waals surface area contributed by atoms with Gasteiger partial charge in [-0.15, -0.1) is 5.10 Å². The zero-order chi connectivity index (χ0) is 17.0. The molecule has 0 unspecified atom stereocenters. The molecular weight excluding hydrogens is 295 g/mol. The molecule has 0 spiro atoms. The second-order valence-corrected chi connectivity index (χ2v) is 6.88. The zero-order valence-electron chi connectivity index (χ0n) is 14.2. The second-order valence-electron chi connectivity index (χ2n) is 6.88. The van der Waals surface area contributed by atoms with Crippen molar-refractivity contribution in [3.8, 4) is 0 Å². The van der Waals surface area contributed by atoms with Gasteiger partial charge in [0.2, 0.25) is 0 Å². The van der Waals surface area contributed by atoms with Gasteiger partial charge in [-0.2, -0.15) is 0 Å². The van der Waals surface area contributed by atoms with Gasteiger partial charge in [0.25, 0.3) is 5.91 Å². The van der Waals surface area contributed by atoms with E-state index < -0.39 is 19.0 Å². The van der Waals surface area contributed by atoms with E-state index in [1.807, 2.05) is 25.5 Å². The first-order valence-electron chi connectivity index (χ1n) is 8.49. The summed E-state index contributed by atoms with van der Waals surface area (Å²) < 4.78 is 1.85. The van der Waals surface area contributed by atoms with Crippen LogP contribution in [0.1, 0.15) is 74.6 Å². The average Bonchev–Trinajstić information content (AvgIpc) is 2.88. The number of nitrogens with one attached hydrogen (secondary N) is 1. The Bertz CT molecular complexity index is 527. The predicted molar refractivity (Wildman–Crippen MR) is 87.8 cm³/mol. The third-order valence-electron chi connectivity index (χ3n) is 4.46. The van der Waals surface area contributed by atoms with Gasteiger partial charge in [0.05, 0.1) is 17.7 Å². The van der Waals surface area contributed by atoms with Gasteiger partial charge in [-0.25, -0.2) is 4.68 Å². The number of amides is 1. The summed E-state index contributed by atoms with van der Waals surface area (Å²) in [6, 6.07) is 0.313. The lowest BCUT2D eigenvalue weighted by molar-refractivity contribution is 0.0932. The lowest BCUT2D eigenvalue weighted by atomic mass is 9.75. The number of carbonyl (C=O) groups excluding carboxylic acids is 1. The van der Waals surface area contributed by atoms with Crippen molar-refractivity contribution in [1.29, 1.82) is 0 Å². The molecule has 8 heteroatoms. The highest BCUT2D eigenvalue weighted by molar-refractivity contribution is 6.43. The summed E-state index contributed by atoms with van der Waals surface area (Å²) in [4.78, 5) is 12.4. The number of aromatic nitrogens is 3. The maximum atomic E-state index is 12.4. The highest BCUT2D eigenvalue weighted by Gasteiger charge is 2.29. The molecule has 1 heterocycles. The topological polar surface area (TPSA) is 100 Å². The minimum atomic E-state index is -1.59. The number of hydrogen-bond acceptors (Lipinski definition) is 5. The van der Waals surface area contributed by atoms with E-state index in [1.165, 1.54) is 19.3 Å². The molecule has 1 amide bonds. The maximum absolute atomic E-state index is 12.4. The molecule has 1 saturated carbocycles. The van der Waals surface area contributed by atoms with Crippen molar-refractivity contribution in [1.82, 2.24) is 20.3 Å². The number of nitrogens with zero attached hydrogens (tertiary/aromatic N) is 3. The van der Waals surface area contributed by atoms with Crippen LogP contribution in [0.2, 0.25) is 0 Å². The summed E-state index contributed by atoms with van der Waals surface area (Å²) >= 11 is 0. The van der Waals surface area contributed by atoms with E-state index in [0.717, 1.165) is 18.5 Å². The van der Waals surface area contributed by atoms with Crippen molar-refractivity contribution in [2.24, 2.45) is 5.92 Å². The molecule has 2 rings (SSSR count). The molecule has 1 atom stereocenters. The smallest absolute Gasteiger partial charge is 0.426 e. The van der Waals surface area contributed by atoms with Crippen molar-refractivity contribution in [2.75, 3.05) is 0 Å². The molecular formula is C15H27BN4O3. The summed E-state index contributed by atoms with van der Waals surface area (Å²) in [5.74, 6) is -0.869. The van der Waals surface area contributed by atoms with Crippen LogP contribution in [-0.4, -0.2) is 44.0 Å². The van der Waals surface area contributed by atoms with Crippen molar-refractivity contribution in [2.45, 2.75) is 71.3 Å². The van der Waals surface area contributed by atoms with Crippen LogP contribution in [0.25, 0.3) is 0 Å². The lowest BCUT2D eigenvalue weighted by Gasteiger charge is -2.22. The summed E-state index contributed by atoms with van der Waals surface area (Å²) in [6.45, 7) is 5.77. The van der Waals surface area contributed by atoms with Crippen LogP contribution in [0.3, 0.4) is 0 Å². The van der Waals surface area contributed by atoms with Crippen molar-refractivity contribution in [3.63, 3.8) is 0 Å². The molecule has 7 nitrogen and oxygen atoms in total. The van der Waals surface area contributed by atoms with Gasteiger partial charge >= 0.3 is 7.12 Å². The Hall–Kier alpha value is -1.41. The van der Waals surface area contributed by atoms with E-state index in [0.29, 0.717) is 12.5 Å². The van der Waals surface area contributed by atoms with E-state index in [1.54, 1.807) is 0 Å². The van der Waals surface area contributed by atoms with Crippen LogP contribution in [-0.2, 0) is 0 Å². The van der Waals surface area contributed by atoms with Gasteiger partial charge < -0.3 is 15.4 Å². The van der Waals surface area contributed by atoms with Crippen LogP contribution >= 0.6 is 0 Å². The summed E-state index contributed by atoms with van der Waals surface area (Å²) in [5, 5.41) is 29.7. The molecule has 3 N–H and O–H groups in total. The quantitative estimate of drug-likeness (QED) is 0.684. The van der Waals surface area contributed by atoms with Crippen molar-refractivity contribution < 1.29 is 14.8 Å². The third kappa shape index (κ3) is 4.54. The summed E-state index contributed by atoms with van der Waals surface area (Å²) in [5.41, 5.74) is 1.01. The van der Waals surface area contributed by atoms with Gasteiger partial charge in [-0.05, 0) is 32.1 Å². The van der Waals surface area contributed by atoms with Crippen molar-refractivity contribution in [3.05, 3.63) is 11.4 Å². The number of carbonyl (C=O) groups is 1. The second kappa shape index (κ2) is 7.92. The average molecular weight is 322 g/mol. The summed E-state index contributed by atoms with van der Waals surface area (Å²) in [6.07, 6.45) is 6.23. The van der Waals surface area contributed by atoms with Crippen LogP contribution < -0.4 is 5.32 Å². The fourth-order valence-corrected chi connectivity index (χ4v) is 3.22. The molecule has 23 heavy (non-hydrogen) atoms. The SMILES string of the molecule is Cc1c(C(=O)N[C@@H](CC(C)C)B(O)O)nnn1C1CCCCC1. The van der Waals surface area contributed by atoms with E-state index in [4.69, 9.17) is 0 Å². The van der Waals surface area contributed by atoms with Crippen LogP contribution in [0.4, 0.5) is 0 Å². The van der Waals surface area contributed by atoms with Crippen LogP contribution in [0.15, 0.2) is 0 Å². The highest BCUT2D eigenvalue weighted by Crippen LogP contribution is 2.28. The minimum Gasteiger partial charge on any atom is -0.426 e. The Morgan fingerprint density at radius 2 is 2.00 bits per heavy atom. The number of hydrogen-bond donors (Lipinski definition) is 3. The van der Waals surface area contributed by atoms with Crippen LogP contribution in [0, 0.1) is 12.8 Å². The standard InChI is InChI=1S/C15H27BN4O3/c1-10(2)9-13(16(22)23)17-15(21)14-11(3)20(19-18-14)12-7-5-4-6-8-12/h10,12-13,22-23H,4-9H2,1-3H3,(H,17,21)/t13-/m0/s1. The molecule has 1 aromatic rings. The van der Waals surface area contributed by atoms with Gasteiger partial charge in [0.15, 0.2) is 5.69 Å². The molecule has 1 aliphatic rings. The van der Waals surface area contributed by atoms with E-state index in [9.17, 15) is 14.8 Å². The predicted octanol–water partition coefficient (Wildman–Crippen LogP) is 1.25. The minimum absolute atomic E-state index is 0.237. The van der Waals surface area contributed by atoms with E-state index >= 15 is 0 Å². The molecule has 128 valence electrons. The Kier molecular flexibility index (Phi) is 6.18. The first-order valence-corrected chi connectivity index (χ1v) is 8.49. The molecule has 0 saturated heterocycles. The molecule has 0 aliphatic heterocycles. The normalized spacial score (nSPS) is 17.3. The zero-order valence-corrected chi connectivity index (χ0v) is 14.2. The van der Waals surface area contributed by atoms with Crippen molar-refractivity contribution >= 4 is 13.0 Å². The largest absolute Gasteiger partial charge is 0.475 e. The van der Waals surface area contributed by atoms with Gasteiger partial charge in [-0.3, -0.25) is 4.79 Å².